The van der Waals surface area contributed by atoms with Crippen LogP contribution in [0.4, 0.5) is 4.79 Å². The quantitative estimate of drug-likeness (QED) is 0.760. The summed E-state index contributed by atoms with van der Waals surface area (Å²) in [7, 11) is -1.02. The normalized spacial score (nSPS) is 12.1. The first-order valence-corrected chi connectivity index (χ1v) is 8.98. The molecule has 0 spiro atoms. The summed E-state index contributed by atoms with van der Waals surface area (Å²) in [6.07, 6.45) is 1.76. The van der Waals surface area contributed by atoms with E-state index >= 15 is 0 Å². The maximum Gasteiger partial charge on any atom is 0.324 e. The molecule has 0 saturated carbocycles. The van der Waals surface area contributed by atoms with Gasteiger partial charge in [-0.2, -0.15) is 4.37 Å². The van der Waals surface area contributed by atoms with Gasteiger partial charge >= 0.3 is 6.03 Å². The Morgan fingerprint density at radius 3 is 3.06 bits per heavy atom. The molecule has 1 rings (SSSR count). The van der Waals surface area contributed by atoms with E-state index in [1.54, 1.807) is 6.26 Å². The molecule has 9 heteroatoms. The van der Waals surface area contributed by atoms with Crippen LogP contribution in [0.5, 0.6) is 0 Å². The maximum atomic E-state index is 11.7. The molecule has 96 valence electrons. The third-order valence-corrected chi connectivity index (χ3v) is 5.00. The van der Waals surface area contributed by atoms with Gasteiger partial charge in [0.1, 0.15) is 0 Å². The summed E-state index contributed by atoms with van der Waals surface area (Å²) in [5, 5.41) is 4.47. The number of hydrogen-bond acceptors (Lipinski definition) is 5. The molecule has 0 aromatic carbocycles. The summed E-state index contributed by atoms with van der Waals surface area (Å²) in [6, 6.07) is -0.260. The zero-order valence-corrected chi connectivity index (χ0v) is 13.1. The highest BCUT2D eigenvalue weighted by Crippen LogP contribution is 2.18. The molecule has 0 fully saturated rings. The molecule has 2 N–H and O–H groups in total. The van der Waals surface area contributed by atoms with Crippen LogP contribution in [0.2, 0.25) is 0 Å². The van der Waals surface area contributed by atoms with Crippen LogP contribution in [-0.2, 0) is 16.6 Å². The van der Waals surface area contributed by atoms with Crippen LogP contribution in [0.3, 0.4) is 0 Å². The van der Waals surface area contributed by atoms with Crippen LogP contribution >= 0.6 is 39.4 Å². The molecule has 0 bridgehead atoms. The van der Waals surface area contributed by atoms with E-state index in [0.29, 0.717) is 18.1 Å². The number of carbonyl (C=O) groups is 1. The molecular weight excluding hydrogens is 346 g/mol. The Bertz CT molecular complexity index is 399. The molecule has 2 amide bonds. The summed E-state index contributed by atoms with van der Waals surface area (Å²) in [6.45, 7) is 0.390. The Morgan fingerprint density at radius 2 is 2.47 bits per heavy atom. The van der Waals surface area contributed by atoms with Crippen LogP contribution in [0.15, 0.2) is 9.85 Å². The van der Waals surface area contributed by atoms with Crippen molar-refractivity contribution in [1.82, 2.24) is 14.4 Å². The van der Waals surface area contributed by atoms with E-state index in [-0.39, 0.29) is 6.03 Å². The number of urea groups is 1. The van der Waals surface area contributed by atoms with Crippen molar-refractivity contribution in [3.63, 3.8) is 0 Å². The van der Waals surface area contributed by atoms with E-state index in [1.807, 2.05) is 5.38 Å². The van der Waals surface area contributed by atoms with Crippen molar-refractivity contribution in [1.29, 1.82) is 0 Å². The Morgan fingerprint density at radius 1 is 1.71 bits per heavy atom. The van der Waals surface area contributed by atoms with Gasteiger partial charge in [0.2, 0.25) is 0 Å². The summed E-state index contributed by atoms with van der Waals surface area (Å²) in [4.78, 5) is 11.0. The molecule has 1 aromatic rings. The molecule has 0 aliphatic heterocycles. The summed E-state index contributed by atoms with van der Waals surface area (Å²) < 4.78 is 19.2. The lowest BCUT2D eigenvalue weighted by Gasteiger charge is -2.04. The van der Waals surface area contributed by atoms with Crippen LogP contribution in [0, 0.1) is 0 Å². The number of carbonyl (C=O) groups excluding carboxylic acids is 1. The van der Waals surface area contributed by atoms with E-state index in [0.717, 1.165) is 10.2 Å². The molecule has 0 saturated heterocycles. The third kappa shape index (κ3) is 5.84. The number of nitrogens with zero attached hydrogens (tertiary/aromatic N) is 1. The molecular formula is C8H12BrN3O2S3. The average molecular weight is 358 g/mol. The minimum Gasteiger partial charge on any atom is -0.337 e. The Kier molecular flexibility index (Phi) is 7.09. The Hall–Kier alpha value is -0.120. The van der Waals surface area contributed by atoms with Gasteiger partial charge in [-0.3, -0.25) is 8.93 Å². The predicted octanol–water partition coefficient (Wildman–Crippen LogP) is 1.73. The first-order chi connectivity index (χ1) is 8.13. The summed E-state index contributed by atoms with van der Waals surface area (Å²) in [5.74, 6) is 0.835. The van der Waals surface area contributed by atoms with Gasteiger partial charge in [0.05, 0.1) is 15.9 Å². The second-order valence-corrected chi connectivity index (χ2v) is 6.63. The highest BCUT2D eigenvalue weighted by Gasteiger charge is 2.08. The lowest BCUT2D eigenvalue weighted by molar-refractivity contribution is 0.247. The standard InChI is InChI=1S/C8H12BrN3O2S3/c1-15-12-8(13)10-2-3-17(14)5-7-6(9)4-16-11-7/h4H,2-3,5H2,1H3,(H2,10,12,13). The molecule has 17 heavy (non-hydrogen) atoms. The van der Waals surface area contributed by atoms with Gasteiger partial charge in [-0.05, 0) is 27.5 Å². The Labute approximate surface area is 119 Å². The van der Waals surface area contributed by atoms with Crippen molar-refractivity contribution in [2.45, 2.75) is 5.75 Å². The highest BCUT2D eigenvalue weighted by molar-refractivity contribution is 9.10. The lowest BCUT2D eigenvalue weighted by Crippen LogP contribution is -2.34. The van der Waals surface area contributed by atoms with Crippen LogP contribution in [0.25, 0.3) is 0 Å². The summed E-state index contributed by atoms with van der Waals surface area (Å²) >= 11 is 5.89. The number of halogens is 1. The minimum atomic E-state index is -1.02. The van der Waals surface area contributed by atoms with Gasteiger partial charge in [-0.25, -0.2) is 4.79 Å². The highest BCUT2D eigenvalue weighted by atomic mass is 79.9. The van der Waals surface area contributed by atoms with Gasteiger partial charge in [0.25, 0.3) is 0 Å². The monoisotopic (exact) mass is 357 g/mol. The first-order valence-electron chi connectivity index (χ1n) is 4.64. The predicted molar refractivity (Wildman–Crippen MR) is 76.6 cm³/mol. The zero-order valence-electron chi connectivity index (χ0n) is 9.07. The van der Waals surface area contributed by atoms with Gasteiger partial charge in [-0.15, -0.1) is 0 Å². The van der Waals surface area contributed by atoms with E-state index in [4.69, 9.17) is 0 Å². The lowest BCUT2D eigenvalue weighted by atomic mass is 10.5. The molecule has 1 unspecified atom stereocenters. The van der Waals surface area contributed by atoms with Crippen molar-refractivity contribution in [3.8, 4) is 0 Å². The minimum absolute atomic E-state index is 0.260. The van der Waals surface area contributed by atoms with E-state index in [9.17, 15) is 9.00 Å². The molecule has 1 heterocycles. The second kappa shape index (κ2) is 8.06. The molecule has 1 atom stereocenters. The largest absolute Gasteiger partial charge is 0.337 e. The van der Waals surface area contributed by atoms with Crippen molar-refractivity contribution >= 4 is 56.2 Å². The fraction of sp³-hybridized carbons (Fsp3) is 0.500. The van der Waals surface area contributed by atoms with Crippen LogP contribution in [0.1, 0.15) is 5.69 Å². The Balaban J connectivity index is 2.22. The van der Waals surface area contributed by atoms with E-state index in [2.05, 4.69) is 30.3 Å². The second-order valence-electron chi connectivity index (χ2n) is 2.96. The summed E-state index contributed by atoms with van der Waals surface area (Å²) in [5.41, 5.74) is 0.807. The fourth-order valence-corrected chi connectivity index (χ4v) is 3.67. The third-order valence-electron chi connectivity index (χ3n) is 1.70. The fourth-order valence-electron chi connectivity index (χ4n) is 0.975. The van der Waals surface area contributed by atoms with Crippen molar-refractivity contribution in [2.75, 3.05) is 18.6 Å². The number of aromatic nitrogens is 1. The van der Waals surface area contributed by atoms with Gasteiger partial charge in [-0.1, -0.05) is 11.9 Å². The molecule has 5 nitrogen and oxygen atoms in total. The SMILES string of the molecule is CSNC(=O)NCCS(=O)Cc1nscc1Br. The molecule has 0 radical (unpaired) electrons. The average Bonchev–Trinajstić information content (AvgIpc) is 2.65. The molecule has 0 aliphatic rings. The number of rotatable bonds is 6. The van der Waals surface area contributed by atoms with Gasteiger partial charge < -0.3 is 5.32 Å². The van der Waals surface area contributed by atoms with Crippen molar-refractivity contribution < 1.29 is 9.00 Å². The van der Waals surface area contributed by atoms with Gasteiger partial charge in [0.15, 0.2) is 0 Å². The van der Waals surface area contributed by atoms with Crippen molar-refractivity contribution in [2.24, 2.45) is 0 Å². The van der Waals surface area contributed by atoms with Crippen LogP contribution < -0.4 is 10.0 Å². The first kappa shape index (κ1) is 14.9. The smallest absolute Gasteiger partial charge is 0.324 e. The van der Waals surface area contributed by atoms with E-state index < -0.39 is 10.8 Å². The van der Waals surface area contributed by atoms with E-state index in [1.165, 1.54) is 23.5 Å². The number of nitrogens with one attached hydrogen (secondary N) is 2. The van der Waals surface area contributed by atoms with Gasteiger partial charge in [0, 0.05) is 34.7 Å². The molecule has 0 aliphatic carbocycles. The topological polar surface area (TPSA) is 71.1 Å². The number of hydrogen-bond donors (Lipinski definition) is 2. The van der Waals surface area contributed by atoms with Crippen molar-refractivity contribution in [3.05, 3.63) is 15.5 Å². The number of amides is 2. The maximum absolute atomic E-state index is 11.7. The zero-order chi connectivity index (χ0) is 12.7. The van der Waals surface area contributed by atoms with Crippen LogP contribution in [-0.4, -0.2) is 33.2 Å². The molecule has 1 aromatic heterocycles.